The van der Waals surface area contributed by atoms with Crippen molar-refractivity contribution in [3.8, 4) is 0 Å². The van der Waals surface area contributed by atoms with E-state index in [0.717, 1.165) is 18.1 Å². The highest BCUT2D eigenvalue weighted by molar-refractivity contribution is 4.79. The summed E-state index contributed by atoms with van der Waals surface area (Å²) in [7, 11) is 0. The summed E-state index contributed by atoms with van der Waals surface area (Å²) >= 11 is 0. The van der Waals surface area contributed by atoms with E-state index in [1.165, 1.54) is 57.8 Å². The Labute approximate surface area is 123 Å². The second kappa shape index (κ2) is 11.8. The minimum atomic E-state index is 0.749. The summed E-state index contributed by atoms with van der Waals surface area (Å²) in [6.07, 6.45) is 12.2. The van der Waals surface area contributed by atoms with E-state index < -0.39 is 0 Å². The fourth-order valence-corrected chi connectivity index (χ4v) is 3.25. The smallest absolute Gasteiger partial charge is 0.00725 e. The molecule has 19 heavy (non-hydrogen) atoms. The molecule has 0 aromatic carbocycles. The molecule has 0 fully saturated rings. The monoisotopic (exact) mass is 269 g/mol. The van der Waals surface area contributed by atoms with Crippen molar-refractivity contribution in [3.63, 3.8) is 0 Å². The van der Waals surface area contributed by atoms with Gasteiger partial charge in [-0.25, -0.2) is 0 Å². The van der Waals surface area contributed by atoms with Crippen LogP contribution in [-0.2, 0) is 0 Å². The van der Waals surface area contributed by atoms with Crippen LogP contribution >= 0.6 is 0 Å². The van der Waals surface area contributed by atoms with Crippen LogP contribution in [0.1, 0.15) is 99.3 Å². The highest BCUT2D eigenvalue weighted by Gasteiger charge is 2.24. The maximum atomic E-state index is 2.82. The molecule has 0 amide bonds. The van der Waals surface area contributed by atoms with Crippen molar-refractivity contribution >= 4 is 0 Å². The molecule has 0 aliphatic carbocycles. The van der Waals surface area contributed by atoms with Gasteiger partial charge in [-0.15, -0.1) is 0 Å². The van der Waals surface area contributed by atoms with Crippen LogP contribution in [0.15, 0.2) is 0 Å². The van der Waals surface area contributed by atoms with Crippen molar-refractivity contribution in [2.24, 2.45) is 0 Å². The zero-order chi connectivity index (χ0) is 14.7. The third-order valence-electron chi connectivity index (χ3n) is 4.45. The summed E-state index contributed by atoms with van der Waals surface area (Å²) < 4.78 is 0. The molecule has 1 heteroatoms. The number of unbranched alkanes of at least 4 members (excludes halogenated alkanes) is 3. The largest absolute Gasteiger partial charge is 0.295 e. The Bertz CT molecular complexity index is 157. The molecule has 0 radical (unpaired) electrons. The fraction of sp³-hybridized carbons (Fsp3) is 1.00. The molecular formula is C18H39N. The van der Waals surface area contributed by atoms with Crippen LogP contribution in [0.2, 0.25) is 0 Å². The first-order chi connectivity index (χ1) is 9.08. The van der Waals surface area contributed by atoms with Gasteiger partial charge in [0.15, 0.2) is 0 Å². The SMILES string of the molecule is CCCCC(C)N(C(C)CCCC)C(C)CCCC. The Kier molecular flexibility index (Phi) is 11.7. The standard InChI is InChI=1S/C18H39N/c1-7-10-13-16(4)19(17(5)14-11-8-2)18(6)15-12-9-3/h16-18H,7-15H2,1-6H3. The molecule has 116 valence electrons. The first-order valence-electron chi connectivity index (χ1n) is 8.85. The zero-order valence-electron chi connectivity index (χ0n) is 14.5. The van der Waals surface area contributed by atoms with Gasteiger partial charge < -0.3 is 0 Å². The summed E-state index contributed by atoms with van der Waals surface area (Å²) in [5.41, 5.74) is 0. The second-order valence-corrected chi connectivity index (χ2v) is 6.42. The number of hydrogen-bond donors (Lipinski definition) is 0. The molecule has 0 heterocycles. The van der Waals surface area contributed by atoms with Gasteiger partial charge in [-0.1, -0.05) is 59.3 Å². The molecular weight excluding hydrogens is 230 g/mol. The lowest BCUT2D eigenvalue weighted by Gasteiger charge is -2.40. The van der Waals surface area contributed by atoms with Gasteiger partial charge in [0.25, 0.3) is 0 Å². The summed E-state index contributed by atoms with van der Waals surface area (Å²) in [6, 6.07) is 2.25. The minimum absolute atomic E-state index is 0.749. The molecule has 0 bridgehead atoms. The molecule has 3 unspecified atom stereocenters. The van der Waals surface area contributed by atoms with Crippen LogP contribution in [0.5, 0.6) is 0 Å². The number of rotatable bonds is 12. The molecule has 0 aromatic rings. The molecule has 1 nitrogen and oxygen atoms in total. The van der Waals surface area contributed by atoms with Crippen molar-refractivity contribution in [2.75, 3.05) is 0 Å². The predicted octanol–water partition coefficient (Wildman–Crippen LogP) is 6.02. The minimum Gasteiger partial charge on any atom is -0.295 e. The van der Waals surface area contributed by atoms with Gasteiger partial charge in [-0.2, -0.15) is 0 Å². The van der Waals surface area contributed by atoms with Crippen molar-refractivity contribution in [2.45, 2.75) is 117 Å². The van der Waals surface area contributed by atoms with E-state index >= 15 is 0 Å². The predicted molar refractivity (Wildman–Crippen MR) is 88.8 cm³/mol. The maximum absolute atomic E-state index is 2.82. The Morgan fingerprint density at radius 3 is 1.05 bits per heavy atom. The average molecular weight is 270 g/mol. The summed E-state index contributed by atoms with van der Waals surface area (Å²) in [4.78, 5) is 2.82. The van der Waals surface area contributed by atoms with Crippen LogP contribution in [0.4, 0.5) is 0 Å². The molecule has 0 saturated carbocycles. The van der Waals surface area contributed by atoms with Gasteiger partial charge in [-0.3, -0.25) is 4.90 Å². The Balaban J connectivity index is 4.50. The van der Waals surface area contributed by atoms with Gasteiger partial charge in [0.05, 0.1) is 0 Å². The summed E-state index contributed by atoms with van der Waals surface area (Å²) in [5, 5.41) is 0. The Morgan fingerprint density at radius 1 is 0.579 bits per heavy atom. The molecule has 0 N–H and O–H groups in total. The number of nitrogens with zero attached hydrogens (tertiary/aromatic N) is 1. The molecule has 0 saturated heterocycles. The van der Waals surface area contributed by atoms with E-state index in [1.54, 1.807) is 0 Å². The van der Waals surface area contributed by atoms with Crippen molar-refractivity contribution in [1.82, 2.24) is 4.90 Å². The third-order valence-corrected chi connectivity index (χ3v) is 4.45. The second-order valence-electron chi connectivity index (χ2n) is 6.42. The lowest BCUT2D eigenvalue weighted by atomic mass is 9.99. The van der Waals surface area contributed by atoms with Gasteiger partial charge in [0.1, 0.15) is 0 Å². The molecule has 0 rings (SSSR count). The fourth-order valence-electron chi connectivity index (χ4n) is 3.25. The lowest BCUT2D eigenvalue weighted by Crippen LogP contribution is -2.46. The van der Waals surface area contributed by atoms with Crippen LogP contribution in [0, 0.1) is 0 Å². The molecule has 0 aliphatic heterocycles. The van der Waals surface area contributed by atoms with Crippen LogP contribution in [0.25, 0.3) is 0 Å². The molecule has 3 atom stereocenters. The first kappa shape index (κ1) is 19.0. The van der Waals surface area contributed by atoms with E-state index in [-0.39, 0.29) is 0 Å². The third kappa shape index (κ3) is 7.97. The topological polar surface area (TPSA) is 3.24 Å². The van der Waals surface area contributed by atoms with Crippen LogP contribution in [0.3, 0.4) is 0 Å². The van der Waals surface area contributed by atoms with Crippen molar-refractivity contribution in [1.29, 1.82) is 0 Å². The van der Waals surface area contributed by atoms with Crippen LogP contribution in [-0.4, -0.2) is 23.0 Å². The normalized spacial score (nSPS) is 16.6. The summed E-state index contributed by atoms with van der Waals surface area (Å²) in [5.74, 6) is 0. The molecule has 0 aromatic heterocycles. The summed E-state index contributed by atoms with van der Waals surface area (Å²) in [6.45, 7) is 14.2. The van der Waals surface area contributed by atoms with Gasteiger partial charge in [0, 0.05) is 18.1 Å². The van der Waals surface area contributed by atoms with Gasteiger partial charge >= 0.3 is 0 Å². The Morgan fingerprint density at radius 2 is 0.842 bits per heavy atom. The maximum Gasteiger partial charge on any atom is 0.00725 e. The first-order valence-corrected chi connectivity index (χ1v) is 8.85. The van der Waals surface area contributed by atoms with Crippen LogP contribution < -0.4 is 0 Å². The number of hydrogen-bond acceptors (Lipinski definition) is 1. The van der Waals surface area contributed by atoms with E-state index in [1.807, 2.05) is 0 Å². The highest BCUT2D eigenvalue weighted by Crippen LogP contribution is 2.22. The highest BCUT2D eigenvalue weighted by atomic mass is 15.2. The molecule has 0 spiro atoms. The quantitative estimate of drug-likeness (QED) is 0.418. The van der Waals surface area contributed by atoms with E-state index in [0.29, 0.717) is 0 Å². The molecule has 0 aliphatic rings. The van der Waals surface area contributed by atoms with Crippen molar-refractivity contribution in [3.05, 3.63) is 0 Å². The van der Waals surface area contributed by atoms with E-state index in [2.05, 4.69) is 46.4 Å². The van der Waals surface area contributed by atoms with Gasteiger partial charge in [-0.05, 0) is 40.0 Å². The zero-order valence-corrected chi connectivity index (χ0v) is 14.5. The van der Waals surface area contributed by atoms with E-state index in [4.69, 9.17) is 0 Å². The lowest BCUT2D eigenvalue weighted by molar-refractivity contribution is 0.0843. The van der Waals surface area contributed by atoms with Gasteiger partial charge in [0.2, 0.25) is 0 Å². The van der Waals surface area contributed by atoms with Crippen molar-refractivity contribution < 1.29 is 0 Å². The average Bonchev–Trinajstić information content (AvgIpc) is 2.40. The van der Waals surface area contributed by atoms with E-state index in [9.17, 15) is 0 Å². The Hall–Kier alpha value is -0.0400.